The van der Waals surface area contributed by atoms with Gasteiger partial charge in [-0.15, -0.1) is 5.10 Å². The van der Waals surface area contributed by atoms with Crippen LogP contribution < -0.4 is 5.43 Å². The van der Waals surface area contributed by atoms with Crippen LogP contribution in [0.2, 0.25) is 0 Å². The maximum Gasteiger partial charge on any atom is 0.348 e. The molecule has 16 heavy (non-hydrogen) atoms. The van der Waals surface area contributed by atoms with E-state index in [1.54, 1.807) is 6.20 Å². The Labute approximate surface area is 90.6 Å². The molecule has 1 aromatic heterocycles. The fourth-order valence-electron chi connectivity index (χ4n) is 1.26. The highest BCUT2D eigenvalue weighted by Gasteiger charge is 2.00. The summed E-state index contributed by atoms with van der Waals surface area (Å²) < 4.78 is 0. The van der Waals surface area contributed by atoms with Gasteiger partial charge in [0.25, 0.3) is 0 Å². The van der Waals surface area contributed by atoms with Crippen LogP contribution in [0.5, 0.6) is 0 Å². The molecule has 6 heteroatoms. The van der Waals surface area contributed by atoms with E-state index in [1.165, 1.54) is 0 Å². The number of nitrogens with zero attached hydrogens (tertiary/aromatic N) is 3. The number of hydrogen-bond donors (Lipinski definition) is 2. The van der Waals surface area contributed by atoms with Gasteiger partial charge >= 0.3 is 5.97 Å². The van der Waals surface area contributed by atoms with Gasteiger partial charge in [0.15, 0.2) is 5.82 Å². The van der Waals surface area contributed by atoms with Gasteiger partial charge in [-0.1, -0.05) is 24.3 Å². The Balaban J connectivity index is 2.34. The topological polar surface area (TPSA) is 87.5 Å². The summed E-state index contributed by atoms with van der Waals surface area (Å²) in [5.41, 5.74) is 2.53. The lowest BCUT2D eigenvalue weighted by atomic mass is 10.2. The van der Waals surface area contributed by atoms with Crippen LogP contribution in [0.1, 0.15) is 0 Å². The fraction of sp³-hybridized carbons (Fsp3) is 0. The molecule has 6 nitrogen and oxygen atoms in total. The number of hydrogen-bond acceptors (Lipinski definition) is 5. The molecule has 0 aliphatic rings. The van der Waals surface area contributed by atoms with Gasteiger partial charge < -0.3 is 5.11 Å². The number of anilines is 1. The molecule has 0 saturated heterocycles. The third kappa shape index (κ3) is 2.11. The van der Waals surface area contributed by atoms with Crippen LogP contribution in [0, 0.1) is 0 Å². The van der Waals surface area contributed by atoms with Crippen molar-refractivity contribution in [2.45, 2.75) is 0 Å². The predicted octanol–water partition coefficient (Wildman–Crippen LogP) is 1.11. The van der Waals surface area contributed by atoms with E-state index in [0.717, 1.165) is 17.0 Å². The Hall–Kier alpha value is -2.50. The monoisotopic (exact) mass is 216 g/mol. The summed E-state index contributed by atoms with van der Waals surface area (Å²) in [5.74, 6) is -0.698. The predicted molar refractivity (Wildman–Crippen MR) is 59.3 cm³/mol. The Morgan fingerprint density at radius 3 is 3.06 bits per heavy atom. The van der Waals surface area contributed by atoms with Gasteiger partial charge in [-0.25, -0.2) is 4.79 Å². The molecule has 2 rings (SSSR count). The van der Waals surface area contributed by atoms with Gasteiger partial charge in [0.2, 0.25) is 0 Å². The second-order valence-corrected chi connectivity index (χ2v) is 2.99. The maximum absolute atomic E-state index is 10.2. The van der Waals surface area contributed by atoms with Crippen molar-refractivity contribution >= 4 is 28.8 Å². The molecule has 1 heterocycles. The van der Waals surface area contributed by atoms with Crippen molar-refractivity contribution in [3.8, 4) is 0 Å². The second kappa shape index (κ2) is 4.35. The third-order valence-electron chi connectivity index (χ3n) is 1.92. The molecule has 0 fully saturated rings. The van der Waals surface area contributed by atoms with Gasteiger partial charge in [-0.05, 0) is 0 Å². The Kier molecular flexibility index (Phi) is 2.73. The van der Waals surface area contributed by atoms with Crippen LogP contribution in [0.4, 0.5) is 5.82 Å². The summed E-state index contributed by atoms with van der Waals surface area (Å²) in [6, 6.07) is 7.48. The van der Waals surface area contributed by atoms with E-state index >= 15 is 0 Å². The number of carboxylic acids is 1. The molecule has 0 unspecified atom stereocenters. The highest BCUT2D eigenvalue weighted by molar-refractivity contribution is 6.22. The number of benzene rings is 1. The van der Waals surface area contributed by atoms with Crippen molar-refractivity contribution in [2.75, 3.05) is 5.43 Å². The van der Waals surface area contributed by atoms with Gasteiger partial charge in [-0.3, -0.25) is 5.43 Å². The highest BCUT2D eigenvalue weighted by atomic mass is 16.4. The van der Waals surface area contributed by atoms with Crippen LogP contribution in [0.15, 0.2) is 35.6 Å². The van der Waals surface area contributed by atoms with Crippen molar-refractivity contribution in [1.29, 1.82) is 0 Å². The van der Waals surface area contributed by atoms with Gasteiger partial charge in [0.1, 0.15) is 6.21 Å². The summed E-state index contributed by atoms with van der Waals surface area (Å²) in [7, 11) is 0. The van der Waals surface area contributed by atoms with E-state index in [2.05, 4.69) is 20.7 Å². The minimum absolute atomic E-state index is 0.426. The molecule has 0 aliphatic heterocycles. The lowest BCUT2D eigenvalue weighted by Gasteiger charge is -2.01. The van der Waals surface area contributed by atoms with Crippen molar-refractivity contribution in [3.63, 3.8) is 0 Å². The van der Waals surface area contributed by atoms with Crippen LogP contribution in [0.25, 0.3) is 10.8 Å². The number of carboxylic acid groups (broad SMARTS) is 1. The van der Waals surface area contributed by atoms with E-state index in [1.807, 2.05) is 24.3 Å². The zero-order valence-corrected chi connectivity index (χ0v) is 8.16. The molecule has 0 bridgehead atoms. The van der Waals surface area contributed by atoms with Crippen LogP contribution in [-0.2, 0) is 4.79 Å². The lowest BCUT2D eigenvalue weighted by Crippen LogP contribution is -2.00. The number of rotatable bonds is 3. The third-order valence-corrected chi connectivity index (χ3v) is 1.92. The molecule has 0 saturated carbocycles. The smallest absolute Gasteiger partial charge is 0.348 e. The van der Waals surface area contributed by atoms with Gasteiger partial charge in [0.05, 0.1) is 6.20 Å². The largest absolute Gasteiger partial charge is 0.477 e. The molecule has 1 aromatic carbocycles. The molecule has 2 aromatic rings. The number of fused-ring (bicyclic) bond motifs is 1. The molecule has 0 amide bonds. The SMILES string of the molecule is O=C(O)/C=N\Nc1nncc2ccccc12. The molecule has 0 aliphatic carbocycles. The normalized spacial score (nSPS) is 10.8. The highest BCUT2D eigenvalue weighted by Crippen LogP contribution is 2.18. The standard InChI is InChI=1S/C10H8N4O2/c15-9(16)6-12-14-10-8-4-2-1-3-7(8)5-11-13-10/h1-6H,(H,13,14)(H,15,16)/b12-6-. The molecular formula is C10H8N4O2. The quantitative estimate of drug-likeness (QED) is 0.592. The van der Waals surface area contributed by atoms with Crippen LogP contribution in [0.3, 0.4) is 0 Å². The number of carbonyl (C=O) groups is 1. The van der Waals surface area contributed by atoms with Gasteiger partial charge in [0, 0.05) is 10.8 Å². The van der Waals surface area contributed by atoms with E-state index in [9.17, 15) is 4.79 Å². The molecule has 2 N–H and O–H groups in total. The summed E-state index contributed by atoms with van der Waals surface area (Å²) in [5, 5.41) is 21.2. The lowest BCUT2D eigenvalue weighted by molar-refractivity contribution is -0.128. The van der Waals surface area contributed by atoms with Crippen LogP contribution in [-0.4, -0.2) is 27.5 Å². The summed E-state index contributed by atoms with van der Waals surface area (Å²) in [6.45, 7) is 0. The molecule has 0 spiro atoms. The first kappa shape index (κ1) is 10.0. The van der Waals surface area contributed by atoms with Crippen LogP contribution >= 0.6 is 0 Å². The number of aliphatic carboxylic acids is 1. The zero-order valence-electron chi connectivity index (χ0n) is 8.16. The summed E-state index contributed by atoms with van der Waals surface area (Å²) in [6.07, 6.45) is 2.38. The minimum atomic E-state index is -1.12. The summed E-state index contributed by atoms with van der Waals surface area (Å²) >= 11 is 0. The van der Waals surface area contributed by atoms with Crippen molar-refractivity contribution < 1.29 is 9.90 Å². The average Bonchev–Trinajstić information content (AvgIpc) is 2.29. The van der Waals surface area contributed by atoms with Crippen molar-refractivity contribution in [3.05, 3.63) is 30.5 Å². The van der Waals surface area contributed by atoms with E-state index in [0.29, 0.717) is 5.82 Å². The first-order chi connectivity index (χ1) is 7.77. The number of nitrogens with one attached hydrogen (secondary N) is 1. The average molecular weight is 216 g/mol. The molecule has 80 valence electrons. The Bertz CT molecular complexity index is 548. The Morgan fingerprint density at radius 2 is 2.25 bits per heavy atom. The van der Waals surface area contributed by atoms with E-state index in [-0.39, 0.29) is 0 Å². The number of aromatic nitrogens is 2. The molecule has 0 atom stereocenters. The maximum atomic E-state index is 10.2. The van der Waals surface area contributed by atoms with Crippen molar-refractivity contribution in [1.82, 2.24) is 10.2 Å². The first-order valence-corrected chi connectivity index (χ1v) is 4.50. The molecular weight excluding hydrogens is 208 g/mol. The van der Waals surface area contributed by atoms with E-state index < -0.39 is 5.97 Å². The first-order valence-electron chi connectivity index (χ1n) is 4.50. The van der Waals surface area contributed by atoms with Crippen molar-refractivity contribution in [2.24, 2.45) is 5.10 Å². The minimum Gasteiger partial charge on any atom is -0.477 e. The Morgan fingerprint density at radius 1 is 1.44 bits per heavy atom. The second-order valence-electron chi connectivity index (χ2n) is 2.99. The zero-order chi connectivity index (χ0) is 11.4. The van der Waals surface area contributed by atoms with E-state index in [4.69, 9.17) is 5.11 Å². The van der Waals surface area contributed by atoms with Gasteiger partial charge in [-0.2, -0.15) is 10.2 Å². The fourth-order valence-corrected chi connectivity index (χ4v) is 1.26. The summed E-state index contributed by atoms with van der Waals surface area (Å²) in [4.78, 5) is 10.2. The number of hydrazone groups is 1. The molecule has 0 radical (unpaired) electrons.